The van der Waals surface area contributed by atoms with Crippen molar-refractivity contribution >= 4 is 23.7 Å². The van der Waals surface area contributed by atoms with Crippen LogP contribution in [0.15, 0.2) is 0 Å². The Morgan fingerprint density at radius 3 is 2.59 bits per heavy atom. The molecule has 0 rings (SSSR count). The quantitative estimate of drug-likeness (QED) is 0.559. The van der Waals surface area contributed by atoms with Crippen molar-refractivity contribution in [1.29, 1.82) is 0 Å². The highest BCUT2D eigenvalue weighted by Crippen LogP contribution is 2.08. The summed E-state index contributed by atoms with van der Waals surface area (Å²) in [6, 6.07) is -0.500. The Hall–Kier alpha value is -0.790. The molecule has 0 radical (unpaired) electrons. The Morgan fingerprint density at radius 1 is 1.41 bits per heavy atom. The fourth-order valence-corrected chi connectivity index (χ4v) is 1.77. The molecule has 0 saturated heterocycles. The van der Waals surface area contributed by atoms with Gasteiger partial charge in [0.25, 0.3) is 0 Å². The number of rotatable bonds is 7. The first-order valence-electron chi connectivity index (χ1n) is 5.28. The topological polar surface area (TPSA) is 93.5 Å². The number of methoxy groups -OCH3 is 1. The van der Waals surface area contributed by atoms with Gasteiger partial charge in [0.15, 0.2) is 0 Å². The van der Waals surface area contributed by atoms with Crippen LogP contribution >= 0.6 is 11.8 Å². The average molecular weight is 263 g/mol. The maximum Gasteiger partial charge on any atom is 0.321 e. The molecular formula is C10H21N3O3S. The highest BCUT2D eigenvalue weighted by atomic mass is 32.2. The molecule has 0 aromatic carbocycles. The van der Waals surface area contributed by atoms with Gasteiger partial charge in [0.2, 0.25) is 5.91 Å². The van der Waals surface area contributed by atoms with E-state index in [-0.39, 0.29) is 17.2 Å². The van der Waals surface area contributed by atoms with Crippen molar-refractivity contribution in [2.24, 2.45) is 5.73 Å². The van der Waals surface area contributed by atoms with E-state index in [4.69, 9.17) is 10.5 Å². The molecule has 0 spiro atoms. The Kier molecular flexibility index (Phi) is 7.94. The van der Waals surface area contributed by atoms with Crippen molar-refractivity contribution in [3.05, 3.63) is 0 Å². The zero-order valence-electron chi connectivity index (χ0n) is 10.5. The number of hydrogen-bond acceptors (Lipinski definition) is 5. The molecule has 0 atom stereocenters. The molecule has 0 fully saturated rings. The van der Waals surface area contributed by atoms with E-state index in [1.807, 2.05) is 13.8 Å². The van der Waals surface area contributed by atoms with E-state index in [9.17, 15) is 9.59 Å². The first kappa shape index (κ1) is 16.2. The number of thioether (sulfide) groups is 1. The van der Waals surface area contributed by atoms with Gasteiger partial charge in [0, 0.05) is 24.9 Å². The number of ether oxygens (including phenoxy) is 1. The van der Waals surface area contributed by atoms with Gasteiger partial charge in [-0.3, -0.25) is 10.1 Å². The number of carbonyl (C=O) groups excluding carboxylic acids is 2. The van der Waals surface area contributed by atoms with Crippen LogP contribution in [-0.2, 0) is 9.53 Å². The zero-order chi connectivity index (χ0) is 13.3. The maximum absolute atomic E-state index is 11.3. The highest BCUT2D eigenvalue weighted by molar-refractivity contribution is 8.00. The van der Waals surface area contributed by atoms with Gasteiger partial charge in [0.1, 0.15) is 0 Å². The van der Waals surface area contributed by atoms with Gasteiger partial charge in [-0.05, 0) is 13.8 Å². The SMILES string of the molecule is COCCNC(=O)NC(=O)CSCC(C)(C)N. The molecule has 0 aliphatic carbocycles. The van der Waals surface area contributed by atoms with Gasteiger partial charge < -0.3 is 15.8 Å². The standard InChI is InChI=1S/C10H21N3O3S/c1-10(2,11)7-17-6-8(14)13-9(15)12-4-5-16-3/h4-7,11H2,1-3H3,(H2,12,13,14,15). The minimum absolute atomic E-state index is 0.221. The molecule has 0 unspecified atom stereocenters. The number of nitrogens with one attached hydrogen (secondary N) is 2. The zero-order valence-corrected chi connectivity index (χ0v) is 11.4. The molecule has 6 nitrogen and oxygen atoms in total. The second-order valence-corrected chi connectivity index (χ2v) is 5.26. The molecule has 4 N–H and O–H groups in total. The monoisotopic (exact) mass is 263 g/mol. The minimum atomic E-state index is -0.500. The summed E-state index contributed by atoms with van der Waals surface area (Å²) in [6.45, 7) is 4.56. The summed E-state index contributed by atoms with van der Waals surface area (Å²) in [4.78, 5) is 22.5. The average Bonchev–Trinajstić information content (AvgIpc) is 2.15. The van der Waals surface area contributed by atoms with E-state index in [1.165, 1.54) is 18.9 Å². The third-order valence-corrected chi connectivity index (χ3v) is 2.97. The van der Waals surface area contributed by atoms with Gasteiger partial charge in [-0.15, -0.1) is 0 Å². The maximum atomic E-state index is 11.3. The summed E-state index contributed by atoms with van der Waals surface area (Å²) in [5, 5.41) is 4.71. The van der Waals surface area contributed by atoms with Crippen molar-refractivity contribution < 1.29 is 14.3 Å². The lowest BCUT2D eigenvalue weighted by Crippen LogP contribution is -2.42. The van der Waals surface area contributed by atoms with Crippen LogP contribution in [-0.4, -0.2) is 49.2 Å². The third-order valence-electron chi connectivity index (χ3n) is 1.55. The van der Waals surface area contributed by atoms with Crippen molar-refractivity contribution in [2.45, 2.75) is 19.4 Å². The molecule has 7 heteroatoms. The second-order valence-electron chi connectivity index (χ2n) is 4.28. The van der Waals surface area contributed by atoms with Gasteiger partial charge in [-0.2, -0.15) is 11.8 Å². The van der Waals surface area contributed by atoms with E-state index < -0.39 is 6.03 Å². The molecule has 100 valence electrons. The van der Waals surface area contributed by atoms with Crippen molar-refractivity contribution in [3.8, 4) is 0 Å². The molecule has 0 aliphatic heterocycles. The van der Waals surface area contributed by atoms with Crippen LogP contribution in [0.4, 0.5) is 4.79 Å². The van der Waals surface area contributed by atoms with Crippen LogP contribution < -0.4 is 16.4 Å². The van der Waals surface area contributed by atoms with Crippen LogP contribution in [0, 0.1) is 0 Å². The largest absolute Gasteiger partial charge is 0.383 e. The van der Waals surface area contributed by atoms with Gasteiger partial charge in [-0.1, -0.05) is 0 Å². The van der Waals surface area contributed by atoms with E-state index in [1.54, 1.807) is 0 Å². The lowest BCUT2D eigenvalue weighted by molar-refractivity contribution is -0.117. The van der Waals surface area contributed by atoms with Crippen molar-refractivity contribution in [3.63, 3.8) is 0 Å². The number of hydrogen-bond donors (Lipinski definition) is 3. The van der Waals surface area contributed by atoms with Crippen LogP contribution in [0.5, 0.6) is 0 Å². The normalized spacial score (nSPS) is 11.1. The van der Waals surface area contributed by atoms with Crippen LogP contribution in [0.1, 0.15) is 13.8 Å². The number of carbonyl (C=O) groups is 2. The summed E-state index contributed by atoms with van der Waals surface area (Å²) in [5.74, 6) is 0.554. The molecule has 0 bridgehead atoms. The lowest BCUT2D eigenvalue weighted by Gasteiger charge is -2.17. The fourth-order valence-electron chi connectivity index (χ4n) is 0.880. The Bertz CT molecular complexity index is 254. The molecule has 0 aliphatic rings. The van der Waals surface area contributed by atoms with Crippen LogP contribution in [0.25, 0.3) is 0 Å². The first-order valence-corrected chi connectivity index (χ1v) is 6.44. The van der Waals surface area contributed by atoms with Gasteiger partial charge >= 0.3 is 6.03 Å². The minimum Gasteiger partial charge on any atom is -0.383 e. The number of imide groups is 1. The van der Waals surface area contributed by atoms with Gasteiger partial charge in [-0.25, -0.2) is 4.79 Å². The summed E-state index contributed by atoms with van der Waals surface area (Å²) in [6.07, 6.45) is 0. The molecule has 0 saturated carbocycles. The molecule has 0 heterocycles. The fraction of sp³-hybridized carbons (Fsp3) is 0.800. The van der Waals surface area contributed by atoms with Crippen LogP contribution in [0.3, 0.4) is 0 Å². The number of amides is 3. The smallest absolute Gasteiger partial charge is 0.321 e. The Labute approximate surface area is 106 Å². The molecule has 17 heavy (non-hydrogen) atoms. The van der Waals surface area contributed by atoms with E-state index in [2.05, 4.69) is 10.6 Å². The molecular weight excluding hydrogens is 242 g/mol. The van der Waals surface area contributed by atoms with Crippen molar-refractivity contribution in [2.75, 3.05) is 31.8 Å². The molecule has 0 aromatic rings. The lowest BCUT2D eigenvalue weighted by atomic mass is 10.1. The summed E-state index contributed by atoms with van der Waals surface area (Å²) in [5.41, 5.74) is 5.44. The number of nitrogens with two attached hydrogens (primary N) is 1. The summed E-state index contributed by atoms with van der Waals surface area (Å²) < 4.78 is 4.75. The van der Waals surface area contributed by atoms with Crippen LogP contribution in [0.2, 0.25) is 0 Å². The highest BCUT2D eigenvalue weighted by Gasteiger charge is 2.12. The van der Waals surface area contributed by atoms with E-state index in [0.29, 0.717) is 18.9 Å². The summed E-state index contributed by atoms with van der Waals surface area (Å²) in [7, 11) is 1.54. The predicted octanol–water partition coefficient (Wildman–Crippen LogP) is -0.0709. The van der Waals surface area contributed by atoms with Crippen molar-refractivity contribution in [1.82, 2.24) is 10.6 Å². The third kappa shape index (κ3) is 11.5. The second kappa shape index (κ2) is 8.32. The van der Waals surface area contributed by atoms with Gasteiger partial charge in [0.05, 0.1) is 12.4 Å². The Morgan fingerprint density at radius 2 is 2.06 bits per heavy atom. The molecule has 0 aromatic heterocycles. The molecule has 3 amide bonds. The predicted molar refractivity (Wildman–Crippen MR) is 69.0 cm³/mol. The van der Waals surface area contributed by atoms with E-state index in [0.717, 1.165) is 0 Å². The summed E-state index contributed by atoms with van der Waals surface area (Å²) >= 11 is 1.40. The number of urea groups is 1. The first-order chi connectivity index (χ1) is 7.85. The van der Waals surface area contributed by atoms with E-state index >= 15 is 0 Å². The Balaban J connectivity index is 3.61.